The molecule has 0 bridgehead atoms. The Balaban J connectivity index is 2.70. The summed E-state index contributed by atoms with van der Waals surface area (Å²) in [6.45, 7) is 4.19. The summed E-state index contributed by atoms with van der Waals surface area (Å²) in [4.78, 5) is 4.02. The fourth-order valence-corrected chi connectivity index (χ4v) is 3.02. The third-order valence-corrected chi connectivity index (χ3v) is 4.53. The molecule has 1 atom stereocenters. The Bertz CT molecular complexity index is 465. The Hall–Kier alpha value is -0.590. The standard InChI is InChI=1S/C11H20ClN3O2S/c1-4-10(5-6-12)7-13-18(16,17)11-8-15(3)9(2)14-11/h8,10,13H,4-7H2,1-3H3. The lowest BCUT2D eigenvalue weighted by Gasteiger charge is -2.13. The van der Waals surface area contributed by atoms with Crippen LogP contribution in [0.1, 0.15) is 25.6 Å². The number of rotatable bonds is 7. The number of aromatic nitrogens is 2. The normalized spacial score (nSPS) is 13.8. The van der Waals surface area contributed by atoms with Crippen molar-refractivity contribution in [1.82, 2.24) is 14.3 Å². The van der Waals surface area contributed by atoms with Crippen LogP contribution in [0.3, 0.4) is 0 Å². The second-order valence-corrected chi connectivity index (χ2v) is 6.43. The van der Waals surface area contributed by atoms with Crippen LogP contribution in [0.25, 0.3) is 0 Å². The fourth-order valence-electron chi connectivity index (χ4n) is 1.56. The van der Waals surface area contributed by atoms with Gasteiger partial charge in [-0.05, 0) is 19.3 Å². The van der Waals surface area contributed by atoms with E-state index in [4.69, 9.17) is 11.6 Å². The monoisotopic (exact) mass is 293 g/mol. The zero-order valence-corrected chi connectivity index (χ0v) is 12.6. The number of hydrogen-bond donors (Lipinski definition) is 1. The van der Waals surface area contributed by atoms with Gasteiger partial charge in [-0.15, -0.1) is 11.6 Å². The molecule has 1 heterocycles. The van der Waals surface area contributed by atoms with Crippen molar-refractivity contribution in [2.75, 3.05) is 12.4 Å². The minimum atomic E-state index is -3.51. The van der Waals surface area contributed by atoms with Crippen LogP contribution in [0, 0.1) is 12.8 Å². The second kappa shape index (κ2) is 6.54. The largest absolute Gasteiger partial charge is 0.337 e. The molecule has 0 saturated heterocycles. The summed E-state index contributed by atoms with van der Waals surface area (Å²) in [5.74, 6) is 1.48. The quantitative estimate of drug-likeness (QED) is 0.778. The highest BCUT2D eigenvalue weighted by atomic mass is 35.5. The smallest absolute Gasteiger partial charge is 0.259 e. The number of nitrogens with one attached hydrogen (secondary N) is 1. The zero-order valence-electron chi connectivity index (χ0n) is 11.0. The lowest BCUT2D eigenvalue weighted by molar-refractivity contribution is 0.480. The molecule has 104 valence electrons. The zero-order chi connectivity index (χ0) is 13.8. The molecule has 1 rings (SSSR count). The molecule has 0 aliphatic carbocycles. The van der Waals surface area contributed by atoms with E-state index in [9.17, 15) is 8.42 Å². The van der Waals surface area contributed by atoms with Crippen LogP contribution in [0.15, 0.2) is 11.2 Å². The highest BCUT2D eigenvalue weighted by Gasteiger charge is 2.19. The summed E-state index contributed by atoms with van der Waals surface area (Å²) in [6, 6.07) is 0. The highest BCUT2D eigenvalue weighted by Crippen LogP contribution is 2.11. The summed E-state index contributed by atoms with van der Waals surface area (Å²) in [6.07, 6.45) is 3.22. The van der Waals surface area contributed by atoms with Crippen molar-refractivity contribution in [3.8, 4) is 0 Å². The average molecular weight is 294 g/mol. The maximum atomic E-state index is 12.0. The van der Waals surface area contributed by atoms with Gasteiger partial charge in [0.25, 0.3) is 10.0 Å². The molecule has 0 spiro atoms. The van der Waals surface area contributed by atoms with Crippen LogP contribution in [-0.4, -0.2) is 30.4 Å². The van der Waals surface area contributed by atoms with Gasteiger partial charge in [-0.2, -0.15) is 0 Å². The molecule has 0 aromatic carbocycles. The first-order chi connectivity index (χ1) is 8.40. The molecule has 0 aliphatic heterocycles. The van der Waals surface area contributed by atoms with Gasteiger partial charge in [-0.1, -0.05) is 13.3 Å². The van der Waals surface area contributed by atoms with Crippen LogP contribution in [0.4, 0.5) is 0 Å². The lowest BCUT2D eigenvalue weighted by Crippen LogP contribution is -2.29. The van der Waals surface area contributed by atoms with Gasteiger partial charge in [-0.25, -0.2) is 18.1 Å². The van der Waals surface area contributed by atoms with Crippen molar-refractivity contribution < 1.29 is 8.42 Å². The van der Waals surface area contributed by atoms with Crippen LogP contribution < -0.4 is 4.72 Å². The summed E-state index contributed by atoms with van der Waals surface area (Å²) < 4.78 is 28.3. The van der Waals surface area contributed by atoms with Gasteiger partial charge in [0.05, 0.1) is 0 Å². The topological polar surface area (TPSA) is 64.0 Å². The molecular formula is C11H20ClN3O2S. The van der Waals surface area contributed by atoms with Gasteiger partial charge in [0, 0.05) is 25.7 Å². The Morgan fingerprint density at radius 3 is 2.67 bits per heavy atom. The predicted octanol–water partition coefficient (Wildman–Crippen LogP) is 1.66. The molecule has 1 N–H and O–H groups in total. The Morgan fingerprint density at radius 2 is 2.22 bits per heavy atom. The van der Waals surface area contributed by atoms with E-state index in [1.54, 1.807) is 18.5 Å². The molecule has 0 saturated carbocycles. The molecule has 5 nitrogen and oxygen atoms in total. The number of alkyl halides is 1. The number of imidazole rings is 1. The van der Waals surface area contributed by atoms with Crippen molar-refractivity contribution in [3.05, 3.63) is 12.0 Å². The molecule has 0 aliphatic rings. The van der Waals surface area contributed by atoms with Gasteiger partial charge in [0.15, 0.2) is 5.03 Å². The number of halogens is 1. The van der Waals surface area contributed by atoms with E-state index in [1.165, 1.54) is 6.20 Å². The van der Waals surface area contributed by atoms with Crippen LogP contribution >= 0.6 is 11.6 Å². The van der Waals surface area contributed by atoms with Crippen molar-refractivity contribution in [2.24, 2.45) is 13.0 Å². The van der Waals surface area contributed by atoms with E-state index < -0.39 is 10.0 Å². The SMILES string of the molecule is CCC(CCCl)CNS(=O)(=O)c1cn(C)c(C)n1. The Labute approximate surface area is 114 Å². The van der Waals surface area contributed by atoms with Crippen molar-refractivity contribution >= 4 is 21.6 Å². The Morgan fingerprint density at radius 1 is 1.56 bits per heavy atom. The molecular weight excluding hydrogens is 274 g/mol. The molecule has 1 aromatic heterocycles. The van der Waals surface area contributed by atoms with Gasteiger partial charge in [0.2, 0.25) is 0 Å². The van der Waals surface area contributed by atoms with Crippen molar-refractivity contribution in [3.63, 3.8) is 0 Å². The molecule has 0 amide bonds. The van der Waals surface area contributed by atoms with E-state index in [0.29, 0.717) is 18.2 Å². The second-order valence-electron chi connectivity index (χ2n) is 4.34. The van der Waals surface area contributed by atoms with Crippen LogP contribution in [-0.2, 0) is 17.1 Å². The van der Waals surface area contributed by atoms with E-state index in [0.717, 1.165) is 12.8 Å². The first-order valence-electron chi connectivity index (χ1n) is 5.96. The molecule has 0 radical (unpaired) electrons. The number of sulfonamides is 1. The summed E-state index contributed by atoms with van der Waals surface area (Å²) in [5.41, 5.74) is 0. The fraction of sp³-hybridized carbons (Fsp3) is 0.727. The molecule has 18 heavy (non-hydrogen) atoms. The maximum Gasteiger partial charge on any atom is 0.259 e. The summed E-state index contributed by atoms with van der Waals surface area (Å²) >= 11 is 5.67. The number of aryl methyl sites for hydroxylation is 2. The van der Waals surface area contributed by atoms with E-state index in [1.807, 2.05) is 6.92 Å². The van der Waals surface area contributed by atoms with Gasteiger partial charge in [0.1, 0.15) is 5.82 Å². The maximum absolute atomic E-state index is 12.0. The molecule has 0 fully saturated rings. The first-order valence-corrected chi connectivity index (χ1v) is 7.98. The van der Waals surface area contributed by atoms with Gasteiger partial charge in [-0.3, -0.25) is 0 Å². The predicted molar refractivity (Wildman–Crippen MR) is 72.3 cm³/mol. The third kappa shape index (κ3) is 3.96. The average Bonchev–Trinajstić information content (AvgIpc) is 2.66. The number of hydrogen-bond acceptors (Lipinski definition) is 3. The molecule has 1 unspecified atom stereocenters. The summed E-state index contributed by atoms with van der Waals surface area (Å²) in [5, 5.41) is 0.0724. The van der Waals surface area contributed by atoms with E-state index >= 15 is 0 Å². The highest BCUT2D eigenvalue weighted by molar-refractivity contribution is 7.89. The first kappa shape index (κ1) is 15.5. The lowest BCUT2D eigenvalue weighted by atomic mass is 10.0. The number of nitrogens with zero attached hydrogens (tertiary/aromatic N) is 2. The minimum absolute atomic E-state index is 0.0724. The molecule has 1 aromatic rings. The van der Waals surface area contributed by atoms with Gasteiger partial charge < -0.3 is 4.57 Å². The van der Waals surface area contributed by atoms with Crippen LogP contribution in [0.2, 0.25) is 0 Å². The van der Waals surface area contributed by atoms with E-state index in [-0.39, 0.29) is 10.9 Å². The Kier molecular flexibility index (Phi) is 5.62. The van der Waals surface area contributed by atoms with Crippen LogP contribution in [0.5, 0.6) is 0 Å². The summed E-state index contributed by atoms with van der Waals surface area (Å²) in [7, 11) is -1.74. The van der Waals surface area contributed by atoms with Crippen molar-refractivity contribution in [2.45, 2.75) is 31.7 Å². The van der Waals surface area contributed by atoms with Crippen molar-refractivity contribution in [1.29, 1.82) is 0 Å². The third-order valence-electron chi connectivity index (χ3n) is 3.02. The van der Waals surface area contributed by atoms with Gasteiger partial charge >= 0.3 is 0 Å². The molecule has 7 heteroatoms. The minimum Gasteiger partial charge on any atom is -0.337 e. The van der Waals surface area contributed by atoms with E-state index in [2.05, 4.69) is 9.71 Å².